The lowest BCUT2D eigenvalue weighted by Gasteiger charge is -2.07. The van der Waals surface area contributed by atoms with Gasteiger partial charge in [-0.25, -0.2) is 4.98 Å². The Kier molecular flexibility index (Phi) is 5.75. The van der Waals surface area contributed by atoms with E-state index in [9.17, 15) is 9.59 Å². The molecule has 3 aromatic rings. The third-order valence-corrected chi connectivity index (χ3v) is 4.87. The number of amides is 1. The summed E-state index contributed by atoms with van der Waals surface area (Å²) in [5.41, 5.74) is 2.73. The van der Waals surface area contributed by atoms with Crippen LogP contribution in [0.4, 0.5) is 5.69 Å². The summed E-state index contributed by atoms with van der Waals surface area (Å²) in [6.45, 7) is 1.89. The fourth-order valence-corrected chi connectivity index (χ4v) is 3.12. The van der Waals surface area contributed by atoms with Gasteiger partial charge in [-0.2, -0.15) is 0 Å². The number of hydrogen-bond donors (Lipinski definition) is 2. The van der Waals surface area contributed by atoms with Crippen LogP contribution in [0.3, 0.4) is 0 Å². The van der Waals surface area contributed by atoms with Crippen LogP contribution in [-0.4, -0.2) is 21.6 Å². The highest BCUT2D eigenvalue weighted by atomic mass is 35.5. The molecule has 0 aliphatic rings. The van der Waals surface area contributed by atoms with Gasteiger partial charge in [-0.1, -0.05) is 59.8 Å². The Morgan fingerprint density at radius 3 is 2.69 bits per heavy atom. The third kappa shape index (κ3) is 4.74. The monoisotopic (exact) mass is 385 g/mol. The number of aryl methyl sites for hydroxylation is 1. The summed E-state index contributed by atoms with van der Waals surface area (Å²) < 4.78 is 0. The maximum atomic E-state index is 12.1. The summed E-state index contributed by atoms with van der Waals surface area (Å²) in [7, 11) is 0. The van der Waals surface area contributed by atoms with Crippen molar-refractivity contribution in [1.82, 2.24) is 9.97 Å². The predicted octanol–water partition coefficient (Wildman–Crippen LogP) is 4.13. The topological polar surface area (TPSA) is 74.8 Å². The number of halogens is 1. The molecular formula is C19H16ClN3O2S. The van der Waals surface area contributed by atoms with Crippen molar-refractivity contribution in [1.29, 1.82) is 0 Å². The second kappa shape index (κ2) is 8.21. The third-order valence-electron chi connectivity index (χ3n) is 3.59. The van der Waals surface area contributed by atoms with Gasteiger partial charge in [-0.3, -0.25) is 9.59 Å². The molecule has 7 heteroatoms. The number of aromatic amines is 1. The quantitative estimate of drug-likeness (QED) is 0.511. The highest BCUT2D eigenvalue weighted by molar-refractivity contribution is 7.99. The van der Waals surface area contributed by atoms with Gasteiger partial charge in [0.2, 0.25) is 5.91 Å². The highest BCUT2D eigenvalue weighted by Crippen LogP contribution is 2.21. The molecule has 2 aromatic carbocycles. The number of nitrogens with one attached hydrogen (secondary N) is 2. The molecule has 0 aliphatic heterocycles. The van der Waals surface area contributed by atoms with Crippen LogP contribution in [0.2, 0.25) is 5.02 Å². The Bertz CT molecular complexity index is 990. The number of hydrogen-bond acceptors (Lipinski definition) is 4. The van der Waals surface area contributed by atoms with Gasteiger partial charge in [0.25, 0.3) is 5.56 Å². The molecule has 0 fully saturated rings. The zero-order chi connectivity index (χ0) is 18.5. The zero-order valence-electron chi connectivity index (χ0n) is 14.0. The number of anilines is 1. The molecule has 132 valence electrons. The van der Waals surface area contributed by atoms with Gasteiger partial charge in [-0.05, 0) is 24.6 Å². The normalized spacial score (nSPS) is 10.5. The lowest BCUT2D eigenvalue weighted by Crippen LogP contribution is -2.15. The van der Waals surface area contributed by atoms with Crippen LogP contribution >= 0.6 is 23.4 Å². The van der Waals surface area contributed by atoms with E-state index >= 15 is 0 Å². The molecule has 1 amide bonds. The molecule has 0 spiro atoms. The molecule has 2 N–H and O–H groups in total. The SMILES string of the molecule is Cc1ccc(NC(=O)CSc2nc(-c3ccccc3)cc(=O)[nH]2)cc1Cl. The van der Waals surface area contributed by atoms with Crippen molar-refractivity contribution in [2.45, 2.75) is 12.1 Å². The van der Waals surface area contributed by atoms with Crippen LogP contribution in [0, 0.1) is 6.92 Å². The number of H-pyrrole nitrogens is 1. The van der Waals surface area contributed by atoms with Crippen LogP contribution in [-0.2, 0) is 4.79 Å². The number of nitrogens with zero attached hydrogens (tertiary/aromatic N) is 1. The van der Waals surface area contributed by atoms with Crippen LogP contribution < -0.4 is 10.9 Å². The Morgan fingerprint density at radius 2 is 1.96 bits per heavy atom. The Balaban J connectivity index is 1.67. The van der Waals surface area contributed by atoms with Gasteiger partial charge in [0.15, 0.2) is 5.16 Å². The summed E-state index contributed by atoms with van der Waals surface area (Å²) in [6.07, 6.45) is 0. The van der Waals surface area contributed by atoms with Crippen LogP contribution in [0.1, 0.15) is 5.56 Å². The van der Waals surface area contributed by atoms with E-state index in [1.807, 2.05) is 43.3 Å². The summed E-state index contributed by atoms with van der Waals surface area (Å²) >= 11 is 7.22. The minimum Gasteiger partial charge on any atom is -0.325 e. The Labute approximate surface area is 159 Å². The lowest BCUT2D eigenvalue weighted by molar-refractivity contribution is -0.113. The van der Waals surface area contributed by atoms with Crippen LogP contribution in [0.25, 0.3) is 11.3 Å². The van der Waals surface area contributed by atoms with Crippen molar-refractivity contribution in [3.8, 4) is 11.3 Å². The van der Waals surface area contributed by atoms with Crippen LogP contribution in [0.15, 0.2) is 64.5 Å². The van der Waals surface area contributed by atoms with Gasteiger partial charge >= 0.3 is 0 Å². The molecule has 0 unspecified atom stereocenters. The van der Waals surface area contributed by atoms with Crippen molar-refractivity contribution < 1.29 is 4.79 Å². The number of aromatic nitrogens is 2. The van der Waals surface area contributed by atoms with E-state index in [0.717, 1.165) is 11.1 Å². The van der Waals surface area contributed by atoms with Crippen LogP contribution in [0.5, 0.6) is 0 Å². The minimum absolute atomic E-state index is 0.118. The number of thioether (sulfide) groups is 1. The standard InChI is InChI=1S/C19H16ClN3O2S/c1-12-7-8-14(9-15(12)20)21-18(25)11-26-19-22-16(10-17(24)23-19)13-5-3-2-4-6-13/h2-10H,11H2,1H3,(H,21,25)(H,22,23,24). The Hall–Kier alpha value is -2.57. The number of rotatable bonds is 5. The van der Waals surface area contributed by atoms with Gasteiger partial charge < -0.3 is 10.3 Å². The fourth-order valence-electron chi connectivity index (χ4n) is 2.26. The lowest BCUT2D eigenvalue weighted by atomic mass is 10.1. The molecule has 0 radical (unpaired) electrons. The molecule has 0 aliphatic carbocycles. The summed E-state index contributed by atoms with van der Waals surface area (Å²) in [6, 6.07) is 16.2. The van der Waals surface area contributed by atoms with Gasteiger partial charge in [0, 0.05) is 22.3 Å². The maximum Gasteiger partial charge on any atom is 0.252 e. The first-order chi connectivity index (χ1) is 12.5. The zero-order valence-corrected chi connectivity index (χ0v) is 15.5. The summed E-state index contributed by atoms with van der Waals surface area (Å²) in [4.78, 5) is 31.1. The van der Waals surface area contributed by atoms with Crippen molar-refractivity contribution in [3.05, 3.63) is 75.5 Å². The average molecular weight is 386 g/mol. The van der Waals surface area contributed by atoms with E-state index in [0.29, 0.717) is 21.6 Å². The molecule has 0 atom stereocenters. The average Bonchev–Trinajstić information content (AvgIpc) is 2.63. The minimum atomic E-state index is -0.257. The van der Waals surface area contributed by atoms with E-state index in [1.54, 1.807) is 12.1 Å². The van der Waals surface area contributed by atoms with Gasteiger partial charge in [0.05, 0.1) is 11.4 Å². The molecule has 0 saturated carbocycles. The number of benzene rings is 2. The highest BCUT2D eigenvalue weighted by Gasteiger charge is 2.08. The molecular weight excluding hydrogens is 370 g/mol. The maximum absolute atomic E-state index is 12.1. The van der Waals surface area contributed by atoms with Gasteiger partial charge in [0.1, 0.15) is 0 Å². The van der Waals surface area contributed by atoms with Gasteiger partial charge in [-0.15, -0.1) is 0 Å². The molecule has 26 heavy (non-hydrogen) atoms. The smallest absolute Gasteiger partial charge is 0.252 e. The first-order valence-electron chi connectivity index (χ1n) is 7.87. The largest absolute Gasteiger partial charge is 0.325 e. The van der Waals surface area contributed by atoms with E-state index in [1.165, 1.54) is 17.8 Å². The predicted molar refractivity (Wildman–Crippen MR) is 106 cm³/mol. The van der Waals surface area contributed by atoms with E-state index in [2.05, 4.69) is 15.3 Å². The molecule has 3 rings (SSSR count). The second-order valence-corrected chi connectivity index (χ2v) is 6.97. The number of carbonyl (C=O) groups is 1. The second-order valence-electron chi connectivity index (χ2n) is 5.60. The molecule has 0 saturated heterocycles. The van der Waals surface area contributed by atoms with E-state index in [-0.39, 0.29) is 17.2 Å². The molecule has 0 bridgehead atoms. The molecule has 1 heterocycles. The van der Waals surface area contributed by atoms with E-state index < -0.39 is 0 Å². The van der Waals surface area contributed by atoms with Crippen molar-refractivity contribution in [2.24, 2.45) is 0 Å². The summed E-state index contributed by atoms with van der Waals surface area (Å²) in [5, 5.41) is 3.77. The van der Waals surface area contributed by atoms with Crippen molar-refractivity contribution in [3.63, 3.8) is 0 Å². The molecule has 5 nitrogen and oxygen atoms in total. The molecule has 1 aromatic heterocycles. The summed E-state index contributed by atoms with van der Waals surface area (Å²) in [5.74, 6) is -0.0881. The Morgan fingerprint density at radius 1 is 1.19 bits per heavy atom. The van der Waals surface area contributed by atoms with Crippen molar-refractivity contribution >= 4 is 35.0 Å². The van der Waals surface area contributed by atoms with E-state index in [4.69, 9.17) is 11.6 Å². The fraction of sp³-hybridized carbons (Fsp3) is 0.105. The number of carbonyl (C=O) groups excluding carboxylic acids is 1. The first-order valence-corrected chi connectivity index (χ1v) is 9.23. The first kappa shape index (κ1) is 18.2. The van der Waals surface area contributed by atoms with Crippen molar-refractivity contribution in [2.75, 3.05) is 11.1 Å².